The number of rotatable bonds is 4. The van der Waals surface area contributed by atoms with E-state index in [0.717, 1.165) is 17.7 Å². The maximum absolute atomic E-state index is 12.1. The zero-order valence-corrected chi connectivity index (χ0v) is 11.6. The number of nitrogens with one attached hydrogen (secondary N) is 1. The second kappa shape index (κ2) is 5.46. The van der Waals surface area contributed by atoms with Crippen LogP contribution in [0, 0.1) is 6.92 Å². The van der Waals surface area contributed by atoms with Crippen molar-refractivity contribution in [3.8, 4) is 0 Å². The van der Waals surface area contributed by atoms with Crippen LogP contribution in [0.1, 0.15) is 48.7 Å². The second-order valence-corrected chi connectivity index (χ2v) is 5.56. The van der Waals surface area contributed by atoms with E-state index in [4.69, 9.17) is 0 Å². The van der Waals surface area contributed by atoms with Crippen LogP contribution < -0.4 is 5.32 Å². The summed E-state index contributed by atoms with van der Waals surface area (Å²) in [6.45, 7) is 9.23. The summed E-state index contributed by atoms with van der Waals surface area (Å²) in [5, 5.41) is 3.01. The van der Waals surface area contributed by atoms with Crippen molar-refractivity contribution in [1.82, 2.24) is 5.32 Å². The maximum atomic E-state index is 12.1. The zero-order chi connectivity index (χ0) is 13.1. The van der Waals surface area contributed by atoms with Crippen molar-refractivity contribution in [3.05, 3.63) is 34.9 Å². The van der Waals surface area contributed by atoms with Crippen LogP contribution in [-0.4, -0.2) is 19.4 Å². The minimum atomic E-state index is 0.0890. The number of hydrogen-bond donors (Lipinski definition) is 1. The highest BCUT2D eigenvalue weighted by Gasteiger charge is 2.17. The van der Waals surface area contributed by atoms with Gasteiger partial charge in [-0.3, -0.25) is 4.79 Å². The van der Waals surface area contributed by atoms with Crippen molar-refractivity contribution in [3.63, 3.8) is 0 Å². The van der Waals surface area contributed by atoms with Crippen LogP contribution >= 0.6 is 0 Å². The molecule has 1 aromatic rings. The molecule has 0 heterocycles. The normalized spacial score (nSPS) is 11.6. The van der Waals surface area contributed by atoms with Crippen LogP contribution in [0.2, 0.25) is 0 Å². The molecular weight excluding hydrogens is 210 g/mol. The third kappa shape index (κ3) is 3.67. The molecule has 0 aliphatic heterocycles. The standard InChI is InChI=1S/C15H23NO/c1-11-6-7-12(15(2,3)4)10-13(11)14(17)8-9-16-5/h6-7,10,16H,8-9H2,1-5H3. The van der Waals surface area contributed by atoms with Gasteiger partial charge in [0.05, 0.1) is 0 Å². The lowest BCUT2D eigenvalue weighted by Crippen LogP contribution is -2.16. The molecule has 0 amide bonds. The molecular formula is C15H23NO. The number of ketones is 1. The Morgan fingerprint density at radius 1 is 1.29 bits per heavy atom. The number of aryl methyl sites for hydroxylation is 1. The number of benzene rings is 1. The Morgan fingerprint density at radius 3 is 2.47 bits per heavy atom. The predicted molar refractivity (Wildman–Crippen MR) is 72.8 cm³/mol. The van der Waals surface area contributed by atoms with Crippen LogP contribution in [-0.2, 0) is 5.41 Å². The number of hydrogen-bond acceptors (Lipinski definition) is 2. The fourth-order valence-corrected chi connectivity index (χ4v) is 1.76. The van der Waals surface area contributed by atoms with Gasteiger partial charge >= 0.3 is 0 Å². The summed E-state index contributed by atoms with van der Waals surface area (Å²) >= 11 is 0. The van der Waals surface area contributed by atoms with E-state index in [1.54, 1.807) is 0 Å². The average molecular weight is 233 g/mol. The highest BCUT2D eigenvalue weighted by Crippen LogP contribution is 2.25. The van der Waals surface area contributed by atoms with Gasteiger partial charge in [0.1, 0.15) is 0 Å². The van der Waals surface area contributed by atoms with Gasteiger partial charge in [0.15, 0.2) is 5.78 Å². The van der Waals surface area contributed by atoms with Crippen LogP contribution in [0.3, 0.4) is 0 Å². The molecule has 1 N–H and O–H groups in total. The largest absolute Gasteiger partial charge is 0.319 e. The molecule has 2 nitrogen and oxygen atoms in total. The Morgan fingerprint density at radius 2 is 1.94 bits per heavy atom. The Hall–Kier alpha value is -1.15. The SMILES string of the molecule is CNCCC(=O)c1cc(C(C)(C)C)ccc1C. The van der Waals surface area contributed by atoms with E-state index in [0.29, 0.717) is 6.42 Å². The minimum absolute atomic E-state index is 0.0890. The first kappa shape index (κ1) is 13.9. The zero-order valence-electron chi connectivity index (χ0n) is 11.6. The molecule has 0 atom stereocenters. The molecule has 0 aliphatic carbocycles. The Bertz CT molecular complexity index is 402. The van der Waals surface area contributed by atoms with Crippen LogP contribution in [0.5, 0.6) is 0 Å². The molecule has 0 radical (unpaired) electrons. The van der Waals surface area contributed by atoms with Gasteiger partial charge in [0.25, 0.3) is 0 Å². The van der Waals surface area contributed by atoms with E-state index in [1.165, 1.54) is 5.56 Å². The topological polar surface area (TPSA) is 29.1 Å². The second-order valence-electron chi connectivity index (χ2n) is 5.56. The van der Waals surface area contributed by atoms with Gasteiger partial charge in [-0.05, 0) is 36.6 Å². The summed E-state index contributed by atoms with van der Waals surface area (Å²) in [5.74, 6) is 0.225. The highest BCUT2D eigenvalue weighted by molar-refractivity contribution is 5.97. The molecule has 1 aromatic carbocycles. The first-order valence-electron chi connectivity index (χ1n) is 6.15. The summed E-state index contributed by atoms with van der Waals surface area (Å²) < 4.78 is 0. The monoisotopic (exact) mass is 233 g/mol. The lowest BCUT2D eigenvalue weighted by Gasteiger charge is -2.20. The molecule has 0 saturated heterocycles. The summed E-state index contributed by atoms with van der Waals surface area (Å²) in [5.41, 5.74) is 3.24. The third-order valence-corrected chi connectivity index (χ3v) is 3.01. The first-order chi connectivity index (χ1) is 7.86. The molecule has 0 unspecified atom stereocenters. The van der Waals surface area contributed by atoms with Crippen LogP contribution in [0.15, 0.2) is 18.2 Å². The van der Waals surface area contributed by atoms with Crippen molar-refractivity contribution in [2.75, 3.05) is 13.6 Å². The Labute approximate surface area is 104 Å². The van der Waals surface area contributed by atoms with Gasteiger partial charge in [-0.15, -0.1) is 0 Å². The summed E-state index contributed by atoms with van der Waals surface area (Å²) in [4.78, 5) is 12.1. The molecule has 0 aromatic heterocycles. The van der Waals surface area contributed by atoms with Crippen molar-refractivity contribution < 1.29 is 4.79 Å². The van der Waals surface area contributed by atoms with Gasteiger partial charge in [-0.1, -0.05) is 32.9 Å². The molecule has 0 spiro atoms. The summed E-state index contributed by atoms with van der Waals surface area (Å²) in [7, 11) is 1.87. The molecule has 17 heavy (non-hydrogen) atoms. The van der Waals surface area contributed by atoms with E-state index >= 15 is 0 Å². The molecule has 1 rings (SSSR count). The summed E-state index contributed by atoms with van der Waals surface area (Å²) in [6, 6.07) is 6.21. The number of Topliss-reactive ketones (excluding diaryl/α,β-unsaturated/α-hetero) is 1. The molecule has 0 bridgehead atoms. The smallest absolute Gasteiger partial charge is 0.164 e. The van der Waals surface area contributed by atoms with Gasteiger partial charge in [0.2, 0.25) is 0 Å². The first-order valence-corrected chi connectivity index (χ1v) is 6.15. The quantitative estimate of drug-likeness (QED) is 0.810. The third-order valence-electron chi connectivity index (χ3n) is 3.01. The van der Waals surface area contributed by atoms with Crippen molar-refractivity contribution in [1.29, 1.82) is 0 Å². The maximum Gasteiger partial charge on any atom is 0.164 e. The lowest BCUT2D eigenvalue weighted by molar-refractivity contribution is 0.0982. The van der Waals surface area contributed by atoms with E-state index in [2.05, 4.69) is 32.2 Å². The van der Waals surface area contributed by atoms with E-state index in [9.17, 15) is 4.79 Å². The Kier molecular flexibility index (Phi) is 4.47. The molecule has 0 fully saturated rings. The average Bonchev–Trinajstić information content (AvgIpc) is 2.24. The minimum Gasteiger partial charge on any atom is -0.319 e. The van der Waals surface area contributed by atoms with Crippen LogP contribution in [0.4, 0.5) is 0 Å². The van der Waals surface area contributed by atoms with Gasteiger partial charge in [0, 0.05) is 18.5 Å². The van der Waals surface area contributed by atoms with Gasteiger partial charge in [-0.25, -0.2) is 0 Å². The van der Waals surface area contributed by atoms with E-state index in [-0.39, 0.29) is 11.2 Å². The molecule has 0 aliphatic rings. The molecule has 0 saturated carbocycles. The molecule has 94 valence electrons. The predicted octanol–water partition coefficient (Wildman–Crippen LogP) is 3.08. The number of carbonyl (C=O) groups is 1. The van der Waals surface area contributed by atoms with Crippen molar-refractivity contribution in [2.24, 2.45) is 0 Å². The fraction of sp³-hybridized carbons (Fsp3) is 0.533. The van der Waals surface area contributed by atoms with E-state index < -0.39 is 0 Å². The molecule has 2 heteroatoms. The van der Waals surface area contributed by atoms with E-state index in [1.807, 2.05) is 26.1 Å². The lowest BCUT2D eigenvalue weighted by atomic mass is 9.84. The van der Waals surface area contributed by atoms with Gasteiger partial charge < -0.3 is 5.32 Å². The Balaban J connectivity index is 3.02. The number of carbonyl (C=O) groups excluding carboxylic acids is 1. The van der Waals surface area contributed by atoms with Gasteiger partial charge in [-0.2, -0.15) is 0 Å². The fourth-order valence-electron chi connectivity index (χ4n) is 1.76. The summed E-state index contributed by atoms with van der Waals surface area (Å²) in [6.07, 6.45) is 0.560. The van der Waals surface area contributed by atoms with Crippen molar-refractivity contribution >= 4 is 5.78 Å². The highest BCUT2D eigenvalue weighted by atomic mass is 16.1. The van der Waals surface area contributed by atoms with Crippen molar-refractivity contribution in [2.45, 2.75) is 39.5 Å². The van der Waals surface area contributed by atoms with Crippen LogP contribution in [0.25, 0.3) is 0 Å².